The van der Waals surface area contributed by atoms with Crippen LogP contribution in [0.3, 0.4) is 0 Å². The maximum absolute atomic E-state index is 12.2. The van der Waals surface area contributed by atoms with Crippen LogP contribution in [0.2, 0.25) is 0 Å². The zero-order valence-electron chi connectivity index (χ0n) is 15.7. The van der Waals surface area contributed by atoms with Crippen LogP contribution in [0, 0.1) is 5.41 Å². The highest BCUT2D eigenvalue weighted by Crippen LogP contribution is 2.26. The van der Waals surface area contributed by atoms with Gasteiger partial charge in [-0.15, -0.1) is 0 Å². The number of nitrogens with zero attached hydrogens (tertiary/aromatic N) is 3. The first-order chi connectivity index (χ1) is 12.7. The number of aromatic nitrogens is 2. The Morgan fingerprint density at radius 2 is 1.96 bits per heavy atom. The highest BCUT2D eigenvalue weighted by atomic mass is 16.6. The SMILES string of the molecule is CC(C)(C)OC(=O)N1CC=C(c2cncc(-c3ccnc(C(=N)N)c3)c2)C1. The predicted molar refractivity (Wildman–Crippen MR) is 104 cm³/mol. The second kappa shape index (κ2) is 7.19. The fraction of sp³-hybridized carbons (Fsp3) is 0.300. The van der Waals surface area contributed by atoms with Gasteiger partial charge in [-0.25, -0.2) is 4.79 Å². The average molecular weight is 365 g/mol. The van der Waals surface area contributed by atoms with Gasteiger partial charge in [0.2, 0.25) is 0 Å². The summed E-state index contributed by atoms with van der Waals surface area (Å²) in [4.78, 5) is 22.3. The number of carbonyl (C=O) groups is 1. The van der Waals surface area contributed by atoms with Gasteiger partial charge in [-0.05, 0) is 55.7 Å². The van der Waals surface area contributed by atoms with Crippen molar-refractivity contribution >= 4 is 17.5 Å². The van der Waals surface area contributed by atoms with E-state index in [4.69, 9.17) is 15.9 Å². The molecule has 0 fully saturated rings. The quantitative estimate of drug-likeness (QED) is 0.642. The number of pyridine rings is 2. The molecule has 1 aliphatic heterocycles. The molecule has 0 saturated carbocycles. The molecule has 0 atom stereocenters. The minimum Gasteiger partial charge on any atom is -0.444 e. The summed E-state index contributed by atoms with van der Waals surface area (Å²) < 4.78 is 5.43. The number of ether oxygens (including phenoxy) is 1. The van der Waals surface area contributed by atoms with Gasteiger partial charge in [-0.1, -0.05) is 6.08 Å². The summed E-state index contributed by atoms with van der Waals surface area (Å²) in [7, 11) is 0. The molecule has 3 N–H and O–H groups in total. The lowest BCUT2D eigenvalue weighted by Gasteiger charge is -2.24. The van der Waals surface area contributed by atoms with Gasteiger partial charge in [0.1, 0.15) is 17.1 Å². The molecule has 0 saturated heterocycles. The molecule has 27 heavy (non-hydrogen) atoms. The second-order valence-corrected chi connectivity index (χ2v) is 7.40. The minimum absolute atomic E-state index is 0.0764. The average Bonchev–Trinajstić information content (AvgIpc) is 3.11. The maximum atomic E-state index is 12.2. The van der Waals surface area contributed by atoms with Gasteiger partial charge in [0.15, 0.2) is 0 Å². The molecule has 2 aromatic rings. The summed E-state index contributed by atoms with van der Waals surface area (Å²) in [6.07, 6.45) is 6.85. The largest absolute Gasteiger partial charge is 0.444 e. The lowest BCUT2D eigenvalue weighted by molar-refractivity contribution is 0.0306. The van der Waals surface area contributed by atoms with E-state index >= 15 is 0 Å². The molecule has 7 nitrogen and oxygen atoms in total. The first-order valence-electron chi connectivity index (χ1n) is 8.66. The number of amides is 1. The van der Waals surface area contributed by atoms with Crippen molar-refractivity contribution in [1.82, 2.24) is 14.9 Å². The predicted octanol–water partition coefficient (Wildman–Crippen LogP) is 3.06. The van der Waals surface area contributed by atoms with Gasteiger partial charge in [0, 0.05) is 37.2 Å². The standard InChI is InChI=1S/C20H23N5O2/c1-20(2,3)27-19(26)25-7-5-14(12-25)16-8-15(10-23-11-16)13-4-6-24-17(9-13)18(21)22/h4-6,8-11H,7,12H2,1-3H3,(H3,21,22). The van der Waals surface area contributed by atoms with Crippen LogP contribution in [0.1, 0.15) is 32.0 Å². The van der Waals surface area contributed by atoms with Crippen molar-refractivity contribution in [3.05, 3.63) is 54.1 Å². The van der Waals surface area contributed by atoms with E-state index in [-0.39, 0.29) is 11.9 Å². The summed E-state index contributed by atoms with van der Waals surface area (Å²) in [5.41, 5.74) is 9.18. The van der Waals surface area contributed by atoms with Crippen molar-refractivity contribution in [2.24, 2.45) is 5.73 Å². The van der Waals surface area contributed by atoms with Crippen molar-refractivity contribution in [3.8, 4) is 11.1 Å². The third-order valence-corrected chi connectivity index (χ3v) is 4.05. The third-order valence-electron chi connectivity index (χ3n) is 4.05. The summed E-state index contributed by atoms with van der Waals surface area (Å²) in [5.74, 6) is -0.0764. The maximum Gasteiger partial charge on any atom is 0.410 e. The highest BCUT2D eigenvalue weighted by Gasteiger charge is 2.25. The number of rotatable bonds is 3. The Hall–Kier alpha value is -3.22. The summed E-state index contributed by atoms with van der Waals surface area (Å²) in [6.45, 7) is 6.56. The van der Waals surface area contributed by atoms with Crippen LogP contribution in [0.25, 0.3) is 16.7 Å². The molecule has 7 heteroatoms. The summed E-state index contributed by atoms with van der Waals surface area (Å²) >= 11 is 0. The number of hydrogen-bond acceptors (Lipinski definition) is 5. The van der Waals surface area contributed by atoms with E-state index in [1.54, 1.807) is 29.6 Å². The van der Waals surface area contributed by atoms with Gasteiger partial charge < -0.3 is 15.4 Å². The summed E-state index contributed by atoms with van der Waals surface area (Å²) in [5, 5.41) is 7.54. The van der Waals surface area contributed by atoms with Crippen molar-refractivity contribution in [2.75, 3.05) is 13.1 Å². The normalized spacial score (nSPS) is 14.0. The molecule has 0 radical (unpaired) electrons. The van der Waals surface area contributed by atoms with Gasteiger partial charge >= 0.3 is 6.09 Å². The number of nitrogen functional groups attached to an aromatic ring is 1. The molecule has 1 aliphatic rings. The van der Waals surface area contributed by atoms with Crippen LogP contribution >= 0.6 is 0 Å². The number of hydrogen-bond donors (Lipinski definition) is 2. The molecule has 0 aliphatic carbocycles. The Labute approximate surface area is 158 Å². The molecule has 3 heterocycles. The molecular weight excluding hydrogens is 342 g/mol. The van der Waals surface area contributed by atoms with Crippen LogP contribution in [0.5, 0.6) is 0 Å². The van der Waals surface area contributed by atoms with Crippen LogP contribution in [0.4, 0.5) is 4.79 Å². The fourth-order valence-corrected chi connectivity index (χ4v) is 2.76. The van der Waals surface area contributed by atoms with E-state index in [0.29, 0.717) is 18.8 Å². The van der Waals surface area contributed by atoms with Gasteiger partial charge in [-0.3, -0.25) is 15.4 Å². The van der Waals surface area contributed by atoms with Crippen molar-refractivity contribution in [1.29, 1.82) is 5.41 Å². The molecule has 0 aromatic carbocycles. The first-order valence-corrected chi connectivity index (χ1v) is 8.66. The Bertz CT molecular complexity index is 915. The Morgan fingerprint density at radius 3 is 2.67 bits per heavy atom. The van der Waals surface area contributed by atoms with E-state index in [9.17, 15) is 4.79 Å². The number of carbonyl (C=O) groups excluding carboxylic acids is 1. The molecule has 0 unspecified atom stereocenters. The van der Waals surface area contributed by atoms with Gasteiger partial charge in [0.05, 0.1) is 0 Å². The Balaban J connectivity index is 1.78. The van der Waals surface area contributed by atoms with Crippen LogP contribution in [-0.2, 0) is 4.74 Å². The molecule has 0 bridgehead atoms. The van der Waals surface area contributed by atoms with E-state index in [1.807, 2.05) is 39.0 Å². The van der Waals surface area contributed by atoms with Gasteiger partial charge in [0.25, 0.3) is 0 Å². The van der Waals surface area contributed by atoms with Crippen molar-refractivity contribution in [2.45, 2.75) is 26.4 Å². The van der Waals surface area contributed by atoms with E-state index in [1.165, 1.54) is 0 Å². The van der Waals surface area contributed by atoms with Crippen molar-refractivity contribution < 1.29 is 9.53 Å². The Morgan fingerprint density at radius 1 is 1.22 bits per heavy atom. The highest BCUT2D eigenvalue weighted by molar-refractivity contribution is 5.94. The molecule has 140 valence electrons. The van der Waals surface area contributed by atoms with Gasteiger partial charge in [-0.2, -0.15) is 0 Å². The fourth-order valence-electron chi connectivity index (χ4n) is 2.76. The zero-order chi connectivity index (χ0) is 19.6. The summed E-state index contributed by atoms with van der Waals surface area (Å²) in [6, 6.07) is 5.62. The lowest BCUT2D eigenvalue weighted by Crippen LogP contribution is -2.35. The Kier molecular flexibility index (Phi) is 4.94. The zero-order valence-corrected chi connectivity index (χ0v) is 15.7. The molecular formula is C20H23N5O2. The third kappa shape index (κ3) is 4.49. The molecule has 1 amide bonds. The van der Waals surface area contributed by atoms with Crippen molar-refractivity contribution in [3.63, 3.8) is 0 Å². The monoisotopic (exact) mass is 365 g/mol. The van der Waals surface area contributed by atoms with E-state index in [2.05, 4.69) is 9.97 Å². The number of amidine groups is 1. The lowest BCUT2D eigenvalue weighted by atomic mass is 10.0. The van der Waals surface area contributed by atoms with E-state index < -0.39 is 5.60 Å². The van der Waals surface area contributed by atoms with E-state index in [0.717, 1.165) is 22.3 Å². The van der Waals surface area contributed by atoms with Crippen LogP contribution < -0.4 is 5.73 Å². The minimum atomic E-state index is -0.517. The molecule has 2 aromatic heterocycles. The number of nitrogens with two attached hydrogens (primary N) is 1. The molecule has 3 rings (SSSR count). The topological polar surface area (TPSA) is 105 Å². The smallest absolute Gasteiger partial charge is 0.410 e. The number of nitrogens with one attached hydrogen (secondary N) is 1. The first kappa shape index (κ1) is 18.6. The second-order valence-electron chi connectivity index (χ2n) is 7.40. The van der Waals surface area contributed by atoms with Crippen LogP contribution in [0.15, 0.2) is 42.9 Å². The molecule has 0 spiro atoms. The van der Waals surface area contributed by atoms with Crippen LogP contribution in [-0.4, -0.2) is 45.5 Å².